The van der Waals surface area contributed by atoms with E-state index in [0.29, 0.717) is 23.4 Å². The smallest absolute Gasteiger partial charge is 0.233 e. The van der Waals surface area contributed by atoms with Crippen LogP contribution >= 0.6 is 11.8 Å². The second-order valence-electron chi connectivity index (χ2n) is 7.00. The number of amides is 1. The van der Waals surface area contributed by atoms with Crippen LogP contribution in [-0.2, 0) is 17.9 Å². The Morgan fingerprint density at radius 1 is 1.42 bits per heavy atom. The Hall–Kier alpha value is -1.93. The fraction of sp³-hybridized carbons (Fsp3) is 0.556. The van der Waals surface area contributed by atoms with Gasteiger partial charge in [-0.25, -0.2) is 9.97 Å². The number of fused-ring (bicyclic) bond motifs is 1. The molecule has 2 aliphatic rings. The number of aliphatic hydroxyl groups excluding tert-OH is 1. The molecule has 2 aromatic rings. The van der Waals surface area contributed by atoms with Gasteiger partial charge in [0.15, 0.2) is 5.16 Å². The van der Waals surface area contributed by atoms with Crippen molar-refractivity contribution in [2.24, 2.45) is 5.92 Å². The lowest BCUT2D eigenvalue weighted by Crippen LogP contribution is -2.32. The Morgan fingerprint density at radius 3 is 3.04 bits per heavy atom. The van der Waals surface area contributed by atoms with Crippen LogP contribution in [0.1, 0.15) is 42.4 Å². The fourth-order valence-corrected chi connectivity index (χ4v) is 3.99. The van der Waals surface area contributed by atoms with Gasteiger partial charge in [-0.3, -0.25) is 9.48 Å². The Morgan fingerprint density at radius 2 is 2.27 bits per heavy atom. The summed E-state index contributed by atoms with van der Waals surface area (Å²) in [5.41, 5.74) is 2.65. The minimum atomic E-state index is -0.465. The number of aryl methyl sites for hydroxylation is 2. The summed E-state index contributed by atoms with van der Waals surface area (Å²) in [6.07, 6.45) is 4.27. The van der Waals surface area contributed by atoms with Crippen LogP contribution in [-0.4, -0.2) is 48.0 Å². The number of carbonyl (C=O) groups is 1. The highest BCUT2D eigenvalue weighted by Crippen LogP contribution is 2.40. The van der Waals surface area contributed by atoms with E-state index >= 15 is 0 Å². The normalized spacial score (nSPS) is 18.3. The molecule has 1 amide bonds. The van der Waals surface area contributed by atoms with Gasteiger partial charge in [0.1, 0.15) is 6.10 Å². The standard InChI is InChI=1S/C18H23N5O2S/c1-12-5-6-19-18(20-12)26-11-16(24)22-7-2-8-23-14(10-22)9-15(21-23)17(25)13-3-4-13/h5-6,9,13,17,25H,2-4,7-8,10-11H2,1H3/t17-/m0/s1. The second-order valence-corrected chi connectivity index (χ2v) is 7.95. The van der Waals surface area contributed by atoms with Crippen molar-refractivity contribution >= 4 is 17.7 Å². The van der Waals surface area contributed by atoms with Gasteiger partial charge in [-0.2, -0.15) is 5.10 Å². The van der Waals surface area contributed by atoms with Crippen LogP contribution in [0, 0.1) is 12.8 Å². The fourth-order valence-electron chi connectivity index (χ4n) is 3.21. The average Bonchev–Trinajstić information content (AvgIpc) is 3.43. The number of hydrogen-bond donors (Lipinski definition) is 1. The van der Waals surface area contributed by atoms with Crippen molar-refractivity contribution in [3.8, 4) is 0 Å². The number of aromatic nitrogens is 4. The first kappa shape index (κ1) is 17.5. The molecule has 26 heavy (non-hydrogen) atoms. The van der Waals surface area contributed by atoms with Crippen LogP contribution in [0.3, 0.4) is 0 Å². The summed E-state index contributed by atoms with van der Waals surface area (Å²) >= 11 is 1.37. The molecule has 0 aromatic carbocycles. The molecule has 1 atom stereocenters. The zero-order valence-electron chi connectivity index (χ0n) is 14.8. The Kier molecular flexibility index (Phi) is 4.95. The number of nitrogens with zero attached hydrogens (tertiary/aromatic N) is 5. The maximum Gasteiger partial charge on any atom is 0.233 e. The zero-order valence-corrected chi connectivity index (χ0v) is 15.7. The van der Waals surface area contributed by atoms with Crippen molar-refractivity contribution in [2.75, 3.05) is 12.3 Å². The molecular weight excluding hydrogens is 350 g/mol. The van der Waals surface area contributed by atoms with E-state index in [-0.39, 0.29) is 5.91 Å². The lowest BCUT2D eigenvalue weighted by molar-refractivity contribution is -0.128. The van der Waals surface area contributed by atoms with Gasteiger partial charge in [-0.15, -0.1) is 0 Å². The van der Waals surface area contributed by atoms with Crippen LogP contribution in [0.2, 0.25) is 0 Å². The Balaban J connectivity index is 1.40. The van der Waals surface area contributed by atoms with Crippen molar-refractivity contribution in [1.29, 1.82) is 0 Å². The molecule has 138 valence electrons. The van der Waals surface area contributed by atoms with Crippen LogP contribution in [0.4, 0.5) is 0 Å². The summed E-state index contributed by atoms with van der Waals surface area (Å²) in [4.78, 5) is 23.0. The van der Waals surface area contributed by atoms with Crippen LogP contribution in [0.15, 0.2) is 23.5 Å². The van der Waals surface area contributed by atoms with Gasteiger partial charge in [0.25, 0.3) is 0 Å². The molecule has 7 nitrogen and oxygen atoms in total. The molecule has 0 radical (unpaired) electrons. The minimum absolute atomic E-state index is 0.0825. The van der Waals surface area contributed by atoms with Gasteiger partial charge in [0.05, 0.1) is 23.7 Å². The lowest BCUT2D eigenvalue weighted by atomic mass is 10.1. The van der Waals surface area contributed by atoms with Crippen LogP contribution in [0.25, 0.3) is 0 Å². The van der Waals surface area contributed by atoms with E-state index in [1.807, 2.05) is 28.6 Å². The molecule has 1 N–H and O–H groups in total. The third-order valence-corrected chi connectivity index (χ3v) is 5.70. The molecule has 0 bridgehead atoms. The number of aliphatic hydroxyl groups is 1. The highest BCUT2D eigenvalue weighted by molar-refractivity contribution is 7.99. The third-order valence-electron chi connectivity index (χ3n) is 4.85. The van der Waals surface area contributed by atoms with Gasteiger partial charge in [0, 0.05) is 25.0 Å². The van der Waals surface area contributed by atoms with E-state index in [4.69, 9.17) is 0 Å². The lowest BCUT2D eigenvalue weighted by Gasteiger charge is -2.19. The van der Waals surface area contributed by atoms with Gasteiger partial charge >= 0.3 is 0 Å². The van der Waals surface area contributed by atoms with Crippen molar-refractivity contribution < 1.29 is 9.90 Å². The molecule has 1 aliphatic carbocycles. The predicted molar refractivity (Wildman–Crippen MR) is 97.4 cm³/mol. The molecule has 0 unspecified atom stereocenters. The molecule has 0 saturated heterocycles. The summed E-state index contributed by atoms with van der Waals surface area (Å²) in [7, 11) is 0. The molecule has 1 fully saturated rings. The van der Waals surface area contributed by atoms with E-state index in [1.54, 1.807) is 6.20 Å². The first-order valence-electron chi connectivity index (χ1n) is 9.05. The molecule has 2 aromatic heterocycles. The molecular formula is C18H23N5O2S. The number of hydrogen-bond acceptors (Lipinski definition) is 6. The van der Waals surface area contributed by atoms with E-state index < -0.39 is 6.10 Å². The summed E-state index contributed by atoms with van der Waals surface area (Å²) in [6.45, 7) is 3.96. The van der Waals surface area contributed by atoms with Crippen molar-refractivity contribution in [3.63, 3.8) is 0 Å². The highest BCUT2D eigenvalue weighted by atomic mass is 32.2. The SMILES string of the molecule is Cc1ccnc(SCC(=O)N2CCCn3nc([C@@H](O)C4CC4)cc3C2)n1. The molecule has 4 rings (SSSR count). The van der Waals surface area contributed by atoms with Gasteiger partial charge in [-0.05, 0) is 44.2 Å². The van der Waals surface area contributed by atoms with E-state index in [9.17, 15) is 9.90 Å². The summed E-state index contributed by atoms with van der Waals surface area (Å²) in [6, 6.07) is 3.81. The summed E-state index contributed by atoms with van der Waals surface area (Å²) in [5.74, 6) is 0.770. The molecule has 3 heterocycles. The van der Waals surface area contributed by atoms with Gasteiger partial charge in [-0.1, -0.05) is 11.8 Å². The van der Waals surface area contributed by atoms with Crippen molar-refractivity contribution in [2.45, 2.75) is 50.5 Å². The summed E-state index contributed by atoms with van der Waals surface area (Å²) in [5, 5.41) is 15.5. The van der Waals surface area contributed by atoms with Gasteiger partial charge in [0.2, 0.25) is 5.91 Å². The summed E-state index contributed by atoms with van der Waals surface area (Å²) < 4.78 is 1.95. The quantitative estimate of drug-likeness (QED) is 0.637. The van der Waals surface area contributed by atoms with E-state index in [2.05, 4.69) is 15.1 Å². The van der Waals surface area contributed by atoms with E-state index in [0.717, 1.165) is 49.4 Å². The van der Waals surface area contributed by atoms with Crippen LogP contribution < -0.4 is 0 Å². The highest BCUT2D eigenvalue weighted by Gasteiger charge is 2.33. The van der Waals surface area contributed by atoms with Gasteiger partial charge < -0.3 is 10.0 Å². The average molecular weight is 373 g/mol. The second kappa shape index (κ2) is 7.36. The topological polar surface area (TPSA) is 84.1 Å². The maximum atomic E-state index is 12.6. The van der Waals surface area contributed by atoms with E-state index in [1.165, 1.54) is 11.8 Å². The molecule has 0 spiro atoms. The van der Waals surface area contributed by atoms with Crippen LogP contribution in [0.5, 0.6) is 0 Å². The monoisotopic (exact) mass is 373 g/mol. The molecule has 8 heteroatoms. The van der Waals surface area contributed by atoms with Crippen molar-refractivity contribution in [1.82, 2.24) is 24.6 Å². The largest absolute Gasteiger partial charge is 0.386 e. The Labute approximate surface area is 156 Å². The first-order chi connectivity index (χ1) is 12.6. The number of rotatable bonds is 5. The first-order valence-corrected chi connectivity index (χ1v) is 10.0. The zero-order chi connectivity index (χ0) is 18.1. The molecule has 1 saturated carbocycles. The minimum Gasteiger partial charge on any atom is -0.386 e. The maximum absolute atomic E-state index is 12.6. The number of carbonyl (C=O) groups excluding carboxylic acids is 1. The molecule has 1 aliphatic heterocycles. The number of thioether (sulfide) groups is 1. The third kappa shape index (κ3) is 3.91. The van der Waals surface area contributed by atoms with Crippen molar-refractivity contribution in [3.05, 3.63) is 35.4 Å². The predicted octanol–water partition coefficient (Wildman–Crippen LogP) is 1.95. The Bertz CT molecular complexity index is 805.